The Morgan fingerprint density at radius 2 is 1.90 bits per heavy atom. The summed E-state index contributed by atoms with van der Waals surface area (Å²) in [4.78, 5) is 15.6. The van der Waals surface area contributed by atoms with Crippen LogP contribution >= 0.6 is 23.2 Å². The number of carbonyl (C=O) groups excluding carboxylic acids is 1. The van der Waals surface area contributed by atoms with Crippen molar-refractivity contribution in [3.63, 3.8) is 0 Å². The van der Waals surface area contributed by atoms with Crippen LogP contribution in [-0.4, -0.2) is 23.4 Å². The Morgan fingerprint density at radius 1 is 1.17 bits per heavy atom. The van der Waals surface area contributed by atoms with Gasteiger partial charge < -0.3 is 10.6 Å². The molecule has 2 N–H and O–H groups in total. The predicted octanol–water partition coefficient (Wildman–Crippen LogP) is 5.98. The zero-order valence-corrected chi connectivity index (χ0v) is 18.2. The molecule has 0 aliphatic carbocycles. The van der Waals surface area contributed by atoms with Gasteiger partial charge in [0.15, 0.2) is 0 Å². The Hall–Kier alpha value is -1.81. The molecule has 0 radical (unpaired) electrons. The lowest BCUT2D eigenvalue weighted by Gasteiger charge is -2.48. The highest BCUT2D eigenvalue weighted by atomic mass is 35.5. The van der Waals surface area contributed by atoms with Crippen molar-refractivity contribution in [3.05, 3.63) is 82.4 Å². The Morgan fingerprint density at radius 3 is 2.48 bits per heavy atom. The first-order valence-corrected chi connectivity index (χ1v) is 10.9. The van der Waals surface area contributed by atoms with Crippen LogP contribution in [0.3, 0.4) is 0 Å². The molecule has 1 saturated heterocycles. The maximum atomic E-state index is 13.5. The van der Waals surface area contributed by atoms with E-state index in [-0.39, 0.29) is 29.8 Å². The van der Waals surface area contributed by atoms with Crippen LogP contribution in [0.5, 0.6) is 0 Å². The lowest BCUT2D eigenvalue weighted by Crippen LogP contribution is -2.53. The first-order chi connectivity index (χ1) is 14.0. The number of carbonyl (C=O) groups is 1. The number of nitrogens with zero attached hydrogens (tertiary/aromatic N) is 1. The number of hydrogen-bond donors (Lipinski definition) is 1. The number of piperidine rings is 1. The topological polar surface area (TPSA) is 46.3 Å². The number of halogens is 2. The van der Waals surface area contributed by atoms with Gasteiger partial charge in [0, 0.05) is 34.5 Å². The van der Waals surface area contributed by atoms with Gasteiger partial charge in [-0.25, -0.2) is 0 Å². The summed E-state index contributed by atoms with van der Waals surface area (Å²) >= 11 is 12.5. The molecule has 154 valence electrons. The molecule has 1 fully saturated rings. The van der Waals surface area contributed by atoms with Crippen molar-refractivity contribution >= 4 is 29.1 Å². The number of nitrogens with two attached hydrogens (primary N) is 1. The molecule has 2 aromatic carbocycles. The van der Waals surface area contributed by atoms with Gasteiger partial charge in [-0.3, -0.25) is 4.79 Å². The molecular weight excluding hydrogens is 403 g/mol. The summed E-state index contributed by atoms with van der Waals surface area (Å²) in [6.07, 6.45) is 4.04. The second-order valence-electron chi connectivity index (χ2n) is 7.66. The van der Waals surface area contributed by atoms with Crippen LogP contribution in [0.15, 0.2) is 61.2 Å². The summed E-state index contributed by atoms with van der Waals surface area (Å²) in [5.74, 6) is 0.152. The normalized spacial score (nSPS) is 23.1. The molecule has 0 spiro atoms. The molecule has 2 aromatic rings. The zero-order valence-electron chi connectivity index (χ0n) is 16.7. The Bertz CT molecular complexity index is 848. The molecule has 3 unspecified atom stereocenters. The summed E-state index contributed by atoms with van der Waals surface area (Å²) in [6, 6.07) is 15.6. The lowest BCUT2D eigenvalue weighted by molar-refractivity contribution is -0.146. The largest absolute Gasteiger partial charge is 0.331 e. The summed E-state index contributed by atoms with van der Waals surface area (Å²) in [5, 5.41) is 1.38. The van der Waals surface area contributed by atoms with E-state index < -0.39 is 0 Å². The lowest BCUT2D eigenvalue weighted by atomic mass is 9.74. The third-order valence-corrected chi connectivity index (χ3v) is 6.39. The molecule has 1 amide bonds. The highest BCUT2D eigenvalue weighted by molar-refractivity contribution is 6.30. The SMILES string of the molecule is C=CC[C@H]1CC(c2cccc(Cl)c2)C(c2ccc(Cl)cc2)N(C(CC)CN)C1=O. The van der Waals surface area contributed by atoms with Crippen LogP contribution in [0.4, 0.5) is 0 Å². The molecular formula is C24H28Cl2N2O. The van der Waals surface area contributed by atoms with Crippen LogP contribution in [0.25, 0.3) is 0 Å². The van der Waals surface area contributed by atoms with Gasteiger partial charge in [-0.15, -0.1) is 6.58 Å². The summed E-state index contributed by atoms with van der Waals surface area (Å²) < 4.78 is 0. The van der Waals surface area contributed by atoms with Crippen molar-refractivity contribution in [3.8, 4) is 0 Å². The van der Waals surface area contributed by atoms with E-state index in [9.17, 15) is 4.79 Å². The van der Waals surface area contributed by atoms with Crippen molar-refractivity contribution in [2.45, 2.75) is 44.2 Å². The Labute approximate surface area is 183 Å². The minimum atomic E-state index is -0.118. The molecule has 0 aromatic heterocycles. The molecule has 3 nitrogen and oxygen atoms in total. The number of likely N-dealkylation sites (tertiary alicyclic amines) is 1. The van der Waals surface area contributed by atoms with Gasteiger partial charge in [-0.2, -0.15) is 0 Å². The first-order valence-electron chi connectivity index (χ1n) is 10.1. The average molecular weight is 431 g/mol. The Balaban J connectivity index is 2.16. The van der Waals surface area contributed by atoms with E-state index in [2.05, 4.69) is 19.6 Å². The van der Waals surface area contributed by atoms with Crippen molar-refractivity contribution in [1.29, 1.82) is 0 Å². The summed E-state index contributed by atoms with van der Waals surface area (Å²) in [5.41, 5.74) is 8.31. The first kappa shape index (κ1) is 21.9. The standard InChI is InChI=1S/C24H28Cl2N2O/c1-3-6-18-14-22(17-7-5-8-20(26)13-17)23(16-9-11-19(25)12-10-16)28(24(18)29)21(4-2)15-27/h3,5,7-13,18,21-23H,1,4,6,14-15,27H2,2H3/t18-,21?,22?,23?/m0/s1. The predicted molar refractivity (Wildman–Crippen MR) is 121 cm³/mol. The second kappa shape index (κ2) is 9.80. The molecule has 5 heteroatoms. The van der Waals surface area contributed by atoms with Gasteiger partial charge in [0.1, 0.15) is 0 Å². The van der Waals surface area contributed by atoms with E-state index in [0.717, 1.165) is 24.0 Å². The fraction of sp³-hybridized carbons (Fsp3) is 0.375. The van der Waals surface area contributed by atoms with E-state index in [1.807, 2.05) is 53.4 Å². The fourth-order valence-electron chi connectivity index (χ4n) is 4.47. The maximum Gasteiger partial charge on any atom is 0.226 e. The minimum absolute atomic E-state index is 0.0301. The second-order valence-corrected chi connectivity index (χ2v) is 8.53. The van der Waals surface area contributed by atoms with Gasteiger partial charge >= 0.3 is 0 Å². The summed E-state index contributed by atoms with van der Waals surface area (Å²) in [7, 11) is 0. The Kier molecular flexibility index (Phi) is 7.39. The molecule has 29 heavy (non-hydrogen) atoms. The van der Waals surface area contributed by atoms with Crippen molar-refractivity contribution < 1.29 is 4.79 Å². The van der Waals surface area contributed by atoms with Crippen molar-refractivity contribution in [1.82, 2.24) is 4.90 Å². The van der Waals surface area contributed by atoms with Gasteiger partial charge in [-0.1, -0.05) is 60.5 Å². The van der Waals surface area contributed by atoms with Crippen molar-refractivity contribution in [2.24, 2.45) is 11.7 Å². The number of benzene rings is 2. The van der Waals surface area contributed by atoms with Crippen LogP contribution in [-0.2, 0) is 4.79 Å². The van der Waals surface area contributed by atoms with Gasteiger partial charge in [0.2, 0.25) is 5.91 Å². The van der Waals surface area contributed by atoms with E-state index in [1.165, 1.54) is 0 Å². The van der Waals surface area contributed by atoms with Crippen LogP contribution < -0.4 is 5.73 Å². The number of allylic oxidation sites excluding steroid dienone is 1. The minimum Gasteiger partial charge on any atom is -0.331 e. The monoisotopic (exact) mass is 430 g/mol. The molecule has 1 aliphatic heterocycles. The maximum absolute atomic E-state index is 13.5. The van der Waals surface area contributed by atoms with Crippen LogP contribution in [0, 0.1) is 5.92 Å². The van der Waals surface area contributed by atoms with E-state index in [4.69, 9.17) is 28.9 Å². The fourth-order valence-corrected chi connectivity index (χ4v) is 4.79. The number of rotatable bonds is 7. The molecule has 1 heterocycles. The molecule has 4 atom stereocenters. The molecule has 0 saturated carbocycles. The molecule has 1 aliphatic rings. The third-order valence-electron chi connectivity index (χ3n) is 5.90. The van der Waals surface area contributed by atoms with E-state index in [0.29, 0.717) is 23.0 Å². The smallest absolute Gasteiger partial charge is 0.226 e. The van der Waals surface area contributed by atoms with Gasteiger partial charge in [-0.05, 0) is 54.7 Å². The molecule has 0 bridgehead atoms. The summed E-state index contributed by atoms with van der Waals surface area (Å²) in [6.45, 7) is 6.37. The van der Waals surface area contributed by atoms with Crippen LogP contribution in [0.1, 0.15) is 49.3 Å². The van der Waals surface area contributed by atoms with Gasteiger partial charge in [0.05, 0.1) is 6.04 Å². The average Bonchev–Trinajstić information content (AvgIpc) is 2.72. The molecule has 3 rings (SSSR count). The van der Waals surface area contributed by atoms with E-state index >= 15 is 0 Å². The number of amides is 1. The third kappa shape index (κ3) is 4.69. The highest BCUT2D eigenvalue weighted by Crippen LogP contribution is 2.47. The highest BCUT2D eigenvalue weighted by Gasteiger charge is 2.44. The number of hydrogen-bond acceptors (Lipinski definition) is 2. The zero-order chi connectivity index (χ0) is 21.0. The van der Waals surface area contributed by atoms with Gasteiger partial charge in [0.25, 0.3) is 0 Å². The van der Waals surface area contributed by atoms with E-state index in [1.54, 1.807) is 0 Å². The quantitative estimate of drug-likeness (QED) is 0.548. The van der Waals surface area contributed by atoms with Crippen LogP contribution in [0.2, 0.25) is 10.0 Å². The van der Waals surface area contributed by atoms with Crippen molar-refractivity contribution in [2.75, 3.05) is 6.54 Å².